The third kappa shape index (κ3) is 23.3. The van der Waals surface area contributed by atoms with Crippen LogP contribution in [0.3, 0.4) is 0 Å². The van der Waals surface area contributed by atoms with Gasteiger partial charge in [0.25, 0.3) is 0 Å². The second-order valence-corrected chi connectivity index (χ2v) is 8.56. The Bertz CT molecular complexity index is 501. The van der Waals surface area contributed by atoms with Gasteiger partial charge in [0.15, 0.2) is 0 Å². The van der Waals surface area contributed by atoms with E-state index in [9.17, 15) is 14.4 Å². The molecule has 0 aliphatic heterocycles. The third-order valence-corrected chi connectivity index (χ3v) is 5.63. The summed E-state index contributed by atoms with van der Waals surface area (Å²) in [7, 11) is 1.33. The number of hydrogen-bond acceptors (Lipinski definition) is 6. The molecule has 0 aromatic carbocycles. The number of rotatable bonds is 24. The van der Waals surface area contributed by atoms with Gasteiger partial charge in [0.05, 0.1) is 33.2 Å². The van der Waals surface area contributed by atoms with Crippen molar-refractivity contribution in [2.45, 2.75) is 96.8 Å². The maximum Gasteiger partial charge on any atom is 0.307 e. The van der Waals surface area contributed by atoms with Gasteiger partial charge in [-0.25, -0.2) is 0 Å². The highest BCUT2D eigenvalue weighted by atomic mass is 16.5. The van der Waals surface area contributed by atoms with E-state index in [0.717, 1.165) is 12.8 Å². The summed E-state index contributed by atoms with van der Waals surface area (Å²) < 4.78 is 9.97. The van der Waals surface area contributed by atoms with Crippen LogP contribution >= 0.6 is 0 Å². The fraction of sp³-hybridized carbons (Fsp3) is 0.880. The summed E-state index contributed by atoms with van der Waals surface area (Å²) in [6, 6.07) is 0. The van der Waals surface area contributed by atoms with Crippen molar-refractivity contribution in [3.63, 3.8) is 0 Å². The van der Waals surface area contributed by atoms with Crippen molar-refractivity contribution in [2.75, 3.05) is 46.5 Å². The number of amides is 1. The lowest BCUT2D eigenvalue weighted by atomic mass is 10.1. The molecule has 8 nitrogen and oxygen atoms in total. The number of esters is 1. The topological polar surface area (TPSA) is 105 Å². The Balaban J connectivity index is 3.77. The fourth-order valence-electron chi connectivity index (χ4n) is 3.53. The van der Waals surface area contributed by atoms with E-state index in [1.54, 1.807) is 0 Å². The summed E-state index contributed by atoms with van der Waals surface area (Å²) in [5.74, 6) is -1.12. The number of nitrogens with zero attached hydrogens (tertiary/aromatic N) is 1. The fourth-order valence-corrected chi connectivity index (χ4v) is 3.53. The minimum atomic E-state index is -0.855. The van der Waals surface area contributed by atoms with Crippen molar-refractivity contribution in [2.24, 2.45) is 0 Å². The minimum Gasteiger partial charge on any atom is -0.481 e. The normalized spacial score (nSPS) is 11.0. The van der Waals surface area contributed by atoms with Gasteiger partial charge in [-0.1, -0.05) is 71.1 Å². The molecule has 0 atom stereocenters. The number of ether oxygens (including phenoxy) is 2. The van der Waals surface area contributed by atoms with E-state index in [1.807, 2.05) is 4.90 Å². The van der Waals surface area contributed by atoms with Crippen LogP contribution in [0.4, 0.5) is 0 Å². The first kappa shape index (κ1) is 31.3. The van der Waals surface area contributed by atoms with Crippen molar-refractivity contribution >= 4 is 17.8 Å². The molecular weight excluding hydrogens is 424 g/mol. The van der Waals surface area contributed by atoms with Crippen molar-refractivity contribution < 1.29 is 29.0 Å². The Morgan fingerprint density at radius 2 is 1.36 bits per heavy atom. The first-order valence-electron chi connectivity index (χ1n) is 12.8. The van der Waals surface area contributed by atoms with Crippen molar-refractivity contribution in [3.8, 4) is 0 Å². The van der Waals surface area contributed by atoms with E-state index >= 15 is 0 Å². The summed E-state index contributed by atoms with van der Waals surface area (Å²) in [6.45, 7) is 4.90. The Morgan fingerprint density at radius 1 is 0.758 bits per heavy atom. The molecular formula is C25H48N2O6. The predicted octanol–water partition coefficient (Wildman–Crippen LogP) is 4.16. The van der Waals surface area contributed by atoms with Crippen LogP contribution in [0.25, 0.3) is 0 Å². The Kier molecular flexibility index (Phi) is 22.3. The highest BCUT2D eigenvalue weighted by Gasteiger charge is 2.09. The van der Waals surface area contributed by atoms with Crippen molar-refractivity contribution in [1.82, 2.24) is 10.2 Å². The van der Waals surface area contributed by atoms with Crippen LogP contribution in [0, 0.1) is 0 Å². The van der Waals surface area contributed by atoms with Gasteiger partial charge >= 0.3 is 11.9 Å². The molecule has 0 aromatic rings. The number of carboxylic acids is 1. The number of carbonyl (C=O) groups is 3. The summed E-state index contributed by atoms with van der Waals surface area (Å²) in [6.07, 6.45) is 14.6. The smallest absolute Gasteiger partial charge is 0.307 e. The second kappa shape index (κ2) is 23.5. The highest BCUT2D eigenvalue weighted by molar-refractivity contribution is 5.75. The second-order valence-electron chi connectivity index (χ2n) is 8.56. The largest absolute Gasteiger partial charge is 0.481 e. The van der Waals surface area contributed by atoms with Gasteiger partial charge in [-0.3, -0.25) is 19.3 Å². The molecule has 0 saturated heterocycles. The van der Waals surface area contributed by atoms with Crippen molar-refractivity contribution in [1.29, 1.82) is 0 Å². The van der Waals surface area contributed by atoms with Crippen molar-refractivity contribution in [3.05, 3.63) is 0 Å². The predicted molar refractivity (Wildman–Crippen MR) is 130 cm³/mol. The number of unbranched alkanes of at least 4 members (excludes halogenated alkanes) is 10. The molecule has 0 fully saturated rings. The Labute approximate surface area is 200 Å². The molecule has 33 heavy (non-hydrogen) atoms. The van der Waals surface area contributed by atoms with Crippen LogP contribution < -0.4 is 5.32 Å². The van der Waals surface area contributed by atoms with E-state index in [0.29, 0.717) is 39.2 Å². The number of carboxylic acid groups (broad SMARTS) is 1. The van der Waals surface area contributed by atoms with Crippen LogP contribution in [-0.4, -0.2) is 74.4 Å². The standard InChI is InChI=1S/C25H48N2O6/c1-3-4-5-6-7-8-9-10-11-12-13-14-23(28)26-17-19-27(18-15-24(29)30)20-22-33-21-16-25(31)32-2/h3-22H2,1-2H3,(H,26,28)(H,29,30). The van der Waals surface area contributed by atoms with Crippen LogP contribution in [0.1, 0.15) is 96.8 Å². The molecule has 0 bridgehead atoms. The lowest BCUT2D eigenvalue weighted by Gasteiger charge is -2.21. The first-order valence-corrected chi connectivity index (χ1v) is 12.8. The zero-order valence-electron chi connectivity index (χ0n) is 21.1. The van der Waals surface area contributed by atoms with Gasteiger partial charge in [-0.05, 0) is 6.42 Å². The van der Waals surface area contributed by atoms with Gasteiger partial charge in [0, 0.05) is 32.6 Å². The molecule has 0 rings (SSSR count). The maximum atomic E-state index is 12.1. The number of nitrogens with one attached hydrogen (secondary N) is 1. The SMILES string of the molecule is CCCCCCCCCCCCCC(=O)NCCN(CCOCCC(=O)OC)CCC(=O)O. The molecule has 0 spiro atoms. The van der Waals surface area contributed by atoms with Gasteiger partial charge < -0.3 is 19.9 Å². The highest BCUT2D eigenvalue weighted by Crippen LogP contribution is 2.11. The molecule has 0 aliphatic carbocycles. The molecule has 194 valence electrons. The van der Waals surface area contributed by atoms with E-state index in [1.165, 1.54) is 64.9 Å². The summed E-state index contributed by atoms with van der Waals surface area (Å²) in [5, 5.41) is 11.9. The van der Waals surface area contributed by atoms with E-state index < -0.39 is 5.97 Å². The molecule has 2 N–H and O–H groups in total. The Morgan fingerprint density at radius 3 is 1.94 bits per heavy atom. The van der Waals surface area contributed by atoms with Gasteiger partial charge in [0.2, 0.25) is 5.91 Å². The molecule has 0 saturated carbocycles. The zero-order chi connectivity index (χ0) is 24.6. The third-order valence-electron chi connectivity index (χ3n) is 5.63. The lowest BCUT2D eigenvalue weighted by molar-refractivity contribution is -0.142. The molecule has 8 heteroatoms. The number of aliphatic carboxylic acids is 1. The lowest BCUT2D eigenvalue weighted by Crippen LogP contribution is -2.37. The van der Waals surface area contributed by atoms with Gasteiger partial charge in [-0.15, -0.1) is 0 Å². The molecule has 0 radical (unpaired) electrons. The summed E-state index contributed by atoms with van der Waals surface area (Å²) >= 11 is 0. The van der Waals surface area contributed by atoms with Crippen LogP contribution in [0.5, 0.6) is 0 Å². The molecule has 0 aromatic heterocycles. The van der Waals surface area contributed by atoms with E-state index in [2.05, 4.69) is 17.0 Å². The van der Waals surface area contributed by atoms with Crippen LogP contribution in [-0.2, 0) is 23.9 Å². The molecule has 0 unspecified atom stereocenters. The quantitative estimate of drug-likeness (QED) is 0.160. The van der Waals surface area contributed by atoms with Crippen LogP contribution in [0.2, 0.25) is 0 Å². The first-order chi connectivity index (χ1) is 16.0. The summed E-state index contributed by atoms with van der Waals surface area (Å²) in [4.78, 5) is 35.9. The maximum absolute atomic E-state index is 12.1. The average Bonchev–Trinajstić information content (AvgIpc) is 2.79. The van der Waals surface area contributed by atoms with Gasteiger partial charge in [-0.2, -0.15) is 0 Å². The minimum absolute atomic E-state index is 0.0366. The monoisotopic (exact) mass is 472 g/mol. The van der Waals surface area contributed by atoms with Crippen LogP contribution in [0.15, 0.2) is 0 Å². The number of carbonyl (C=O) groups excluding carboxylic acids is 2. The molecule has 0 aliphatic rings. The van der Waals surface area contributed by atoms with E-state index in [-0.39, 0.29) is 31.3 Å². The summed E-state index contributed by atoms with van der Waals surface area (Å²) in [5.41, 5.74) is 0. The molecule has 1 amide bonds. The average molecular weight is 473 g/mol. The van der Waals surface area contributed by atoms with Gasteiger partial charge in [0.1, 0.15) is 0 Å². The zero-order valence-corrected chi connectivity index (χ0v) is 21.1. The Hall–Kier alpha value is -1.67. The molecule has 0 heterocycles. The number of methoxy groups -OCH3 is 1. The number of hydrogen-bond donors (Lipinski definition) is 2. The van der Waals surface area contributed by atoms with E-state index in [4.69, 9.17) is 9.84 Å².